The first kappa shape index (κ1) is 13.3. The summed E-state index contributed by atoms with van der Waals surface area (Å²) >= 11 is 7.14. The van der Waals surface area contributed by atoms with E-state index in [2.05, 4.69) is 20.3 Å². The molecule has 5 nitrogen and oxygen atoms in total. The highest BCUT2D eigenvalue weighted by molar-refractivity contribution is 7.19. The fourth-order valence-electron chi connectivity index (χ4n) is 2.06. The van der Waals surface area contributed by atoms with Gasteiger partial charge in [0.2, 0.25) is 4.96 Å². The van der Waals surface area contributed by atoms with Crippen molar-refractivity contribution in [2.45, 2.75) is 0 Å². The molecule has 0 spiro atoms. The van der Waals surface area contributed by atoms with E-state index in [1.807, 2.05) is 12.1 Å². The zero-order chi connectivity index (χ0) is 15.1. The second-order valence-corrected chi connectivity index (χ2v) is 5.88. The maximum atomic E-state index is 14.1. The Bertz CT molecular complexity index is 966. The molecule has 0 aliphatic heterocycles. The predicted octanol–water partition coefficient (Wildman–Crippen LogP) is 3.71. The first-order chi connectivity index (χ1) is 10.7. The van der Waals surface area contributed by atoms with Crippen LogP contribution in [-0.4, -0.2) is 24.8 Å². The van der Waals surface area contributed by atoms with E-state index < -0.39 is 5.82 Å². The van der Waals surface area contributed by atoms with E-state index in [0.29, 0.717) is 21.4 Å². The Kier molecular flexibility index (Phi) is 3.09. The lowest BCUT2D eigenvalue weighted by Gasteiger charge is -2.00. The summed E-state index contributed by atoms with van der Waals surface area (Å²) in [4.78, 5) is 4.65. The van der Waals surface area contributed by atoms with Gasteiger partial charge in [-0.15, -0.1) is 10.2 Å². The van der Waals surface area contributed by atoms with E-state index >= 15 is 0 Å². The molecule has 0 N–H and O–H groups in total. The molecule has 0 fully saturated rings. The van der Waals surface area contributed by atoms with Crippen LogP contribution in [0.2, 0.25) is 5.02 Å². The van der Waals surface area contributed by atoms with E-state index in [4.69, 9.17) is 11.6 Å². The highest BCUT2D eigenvalue weighted by atomic mass is 35.5. The van der Waals surface area contributed by atoms with Crippen molar-refractivity contribution < 1.29 is 4.39 Å². The summed E-state index contributed by atoms with van der Waals surface area (Å²) in [6.07, 6.45) is 3.41. The Hall–Kier alpha value is -2.38. The van der Waals surface area contributed by atoms with Crippen molar-refractivity contribution in [2.24, 2.45) is 0 Å². The van der Waals surface area contributed by atoms with Gasteiger partial charge in [-0.05, 0) is 30.3 Å². The number of hydrogen-bond acceptors (Lipinski definition) is 5. The highest BCUT2D eigenvalue weighted by Crippen LogP contribution is 2.29. The third-order valence-electron chi connectivity index (χ3n) is 3.07. The molecule has 0 unspecified atom stereocenters. The van der Waals surface area contributed by atoms with Gasteiger partial charge in [-0.1, -0.05) is 22.9 Å². The molecular formula is C14H7ClFN5S. The Morgan fingerprint density at radius 3 is 2.86 bits per heavy atom. The topological polar surface area (TPSA) is 56.0 Å². The minimum Gasteiger partial charge on any atom is -0.264 e. The monoisotopic (exact) mass is 331 g/mol. The summed E-state index contributed by atoms with van der Waals surface area (Å²) in [5, 5.41) is 13.6. The summed E-state index contributed by atoms with van der Waals surface area (Å²) in [5.74, 6) is -0.117. The number of rotatable bonds is 2. The minimum atomic E-state index is -0.460. The van der Waals surface area contributed by atoms with Crippen LogP contribution in [-0.2, 0) is 0 Å². The largest absolute Gasteiger partial charge is 0.264 e. The van der Waals surface area contributed by atoms with E-state index in [0.717, 1.165) is 10.6 Å². The third kappa shape index (κ3) is 2.15. The van der Waals surface area contributed by atoms with Crippen LogP contribution in [0.4, 0.5) is 4.39 Å². The van der Waals surface area contributed by atoms with Gasteiger partial charge in [0.1, 0.15) is 10.8 Å². The van der Waals surface area contributed by atoms with Gasteiger partial charge in [0.05, 0.1) is 5.56 Å². The van der Waals surface area contributed by atoms with Crippen LogP contribution in [0.25, 0.3) is 26.9 Å². The number of aromatic nitrogens is 5. The summed E-state index contributed by atoms with van der Waals surface area (Å²) in [6, 6.07) is 8.15. The van der Waals surface area contributed by atoms with Gasteiger partial charge in [0.15, 0.2) is 5.82 Å². The Morgan fingerprint density at radius 2 is 2.09 bits per heavy atom. The average Bonchev–Trinajstić information content (AvgIpc) is 3.09. The maximum absolute atomic E-state index is 14.1. The van der Waals surface area contributed by atoms with Crippen LogP contribution in [0.15, 0.2) is 42.7 Å². The molecule has 108 valence electrons. The molecule has 3 heterocycles. The number of halogens is 2. The van der Waals surface area contributed by atoms with Crippen LogP contribution in [0.1, 0.15) is 0 Å². The first-order valence-corrected chi connectivity index (χ1v) is 7.50. The second kappa shape index (κ2) is 5.11. The quantitative estimate of drug-likeness (QED) is 0.562. The predicted molar refractivity (Wildman–Crippen MR) is 82.3 cm³/mol. The molecule has 4 rings (SSSR count). The molecule has 0 radical (unpaired) electrons. The van der Waals surface area contributed by atoms with Crippen molar-refractivity contribution in [3.8, 4) is 22.0 Å². The van der Waals surface area contributed by atoms with Crippen molar-refractivity contribution in [1.82, 2.24) is 24.8 Å². The smallest absolute Gasteiger partial charge is 0.235 e. The van der Waals surface area contributed by atoms with Crippen molar-refractivity contribution in [2.75, 3.05) is 0 Å². The van der Waals surface area contributed by atoms with E-state index in [1.165, 1.54) is 21.9 Å². The molecule has 0 amide bonds. The van der Waals surface area contributed by atoms with Crippen LogP contribution < -0.4 is 0 Å². The Balaban J connectivity index is 1.88. The summed E-state index contributed by atoms with van der Waals surface area (Å²) in [7, 11) is 0. The lowest BCUT2D eigenvalue weighted by Crippen LogP contribution is -1.93. The van der Waals surface area contributed by atoms with Gasteiger partial charge in [0.25, 0.3) is 0 Å². The molecule has 0 atom stereocenters. The lowest BCUT2D eigenvalue weighted by atomic mass is 10.2. The molecule has 0 saturated heterocycles. The Labute approximate surface area is 133 Å². The van der Waals surface area contributed by atoms with Gasteiger partial charge >= 0.3 is 0 Å². The zero-order valence-electron chi connectivity index (χ0n) is 10.9. The second-order valence-electron chi connectivity index (χ2n) is 4.49. The van der Waals surface area contributed by atoms with Crippen LogP contribution >= 0.6 is 22.9 Å². The van der Waals surface area contributed by atoms with Crippen LogP contribution in [0, 0.1) is 5.82 Å². The molecular weight excluding hydrogens is 325 g/mol. The van der Waals surface area contributed by atoms with Crippen molar-refractivity contribution >= 4 is 27.9 Å². The summed E-state index contributed by atoms with van der Waals surface area (Å²) < 4.78 is 15.6. The van der Waals surface area contributed by atoms with Crippen molar-refractivity contribution in [1.29, 1.82) is 0 Å². The van der Waals surface area contributed by atoms with E-state index in [9.17, 15) is 4.39 Å². The number of nitrogens with zero attached hydrogens (tertiary/aromatic N) is 5. The van der Waals surface area contributed by atoms with Gasteiger partial charge < -0.3 is 0 Å². The standard InChI is InChI=1S/C14H7ClFN5S/c15-9-3-4-10(11(16)6-9)12-18-19-14-21(12)20-13(22-14)8-2-1-5-17-7-8/h1-7H. The minimum absolute atomic E-state index is 0.305. The number of pyridine rings is 1. The van der Waals surface area contributed by atoms with E-state index in [1.54, 1.807) is 24.5 Å². The Morgan fingerprint density at radius 1 is 1.18 bits per heavy atom. The van der Waals surface area contributed by atoms with Gasteiger partial charge in [0, 0.05) is 23.0 Å². The lowest BCUT2D eigenvalue weighted by molar-refractivity contribution is 0.629. The number of fused-ring (bicyclic) bond motifs is 1. The molecule has 0 aliphatic rings. The number of benzene rings is 1. The highest BCUT2D eigenvalue weighted by Gasteiger charge is 2.17. The molecule has 0 aliphatic carbocycles. The molecule has 1 aromatic carbocycles. The SMILES string of the molecule is Fc1cc(Cl)ccc1-c1nnc2sc(-c3cccnc3)nn12. The summed E-state index contributed by atoms with van der Waals surface area (Å²) in [5.41, 5.74) is 1.18. The molecule has 3 aromatic heterocycles. The molecule has 0 saturated carbocycles. The van der Waals surface area contributed by atoms with Gasteiger partial charge in [-0.2, -0.15) is 9.61 Å². The molecule has 0 bridgehead atoms. The maximum Gasteiger partial charge on any atom is 0.235 e. The van der Waals surface area contributed by atoms with Crippen LogP contribution in [0.5, 0.6) is 0 Å². The third-order valence-corrected chi connectivity index (χ3v) is 4.25. The average molecular weight is 332 g/mol. The zero-order valence-corrected chi connectivity index (χ0v) is 12.5. The molecule has 4 aromatic rings. The van der Waals surface area contributed by atoms with Crippen LogP contribution in [0.3, 0.4) is 0 Å². The van der Waals surface area contributed by atoms with Crippen molar-refractivity contribution in [3.63, 3.8) is 0 Å². The summed E-state index contributed by atoms with van der Waals surface area (Å²) in [6.45, 7) is 0. The number of hydrogen-bond donors (Lipinski definition) is 0. The van der Waals surface area contributed by atoms with Gasteiger partial charge in [-0.3, -0.25) is 4.98 Å². The molecule has 8 heteroatoms. The van der Waals surface area contributed by atoms with Crippen molar-refractivity contribution in [3.05, 3.63) is 53.6 Å². The van der Waals surface area contributed by atoms with E-state index in [-0.39, 0.29) is 0 Å². The fraction of sp³-hybridized carbons (Fsp3) is 0. The fourth-order valence-corrected chi connectivity index (χ4v) is 3.05. The molecule has 22 heavy (non-hydrogen) atoms. The normalized spacial score (nSPS) is 11.2. The van der Waals surface area contributed by atoms with Gasteiger partial charge in [-0.25, -0.2) is 4.39 Å². The first-order valence-electron chi connectivity index (χ1n) is 6.30.